The van der Waals surface area contributed by atoms with Crippen molar-refractivity contribution in [3.63, 3.8) is 0 Å². The molecule has 0 aliphatic carbocycles. The van der Waals surface area contributed by atoms with Crippen molar-refractivity contribution >= 4 is 40.1 Å². The molecular weight excluding hydrogens is 352 g/mol. The smallest absolute Gasteiger partial charge is 0.127 e. The number of hydrogen-bond acceptors (Lipinski definition) is 4. The fraction of sp³-hybridized carbons (Fsp3) is 0.136. The summed E-state index contributed by atoms with van der Waals surface area (Å²) in [5.74, 6) is 1.44. The lowest BCUT2D eigenvalue weighted by molar-refractivity contribution is 1.19. The van der Waals surface area contributed by atoms with Crippen molar-refractivity contribution < 1.29 is 0 Å². The van der Waals surface area contributed by atoms with Gasteiger partial charge in [0.1, 0.15) is 5.82 Å². The Kier molecular flexibility index (Phi) is 4.77. The first kappa shape index (κ1) is 17.5. The number of aryl methyl sites for hydroxylation is 1. The predicted molar refractivity (Wildman–Crippen MR) is 118 cm³/mol. The Labute approximate surface area is 163 Å². The summed E-state index contributed by atoms with van der Waals surface area (Å²) in [4.78, 5) is 7.87. The van der Waals surface area contributed by atoms with Crippen LogP contribution >= 0.6 is 11.8 Å². The number of rotatable bonds is 4. The largest absolute Gasteiger partial charge is 0.399 e. The quantitative estimate of drug-likeness (QED) is 0.460. The summed E-state index contributed by atoms with van der Waals surface area (Å²) in [5, 5.41) is 3.39. The maximum atomic E-state index is 6.31. The van der Waals surface area contributed by atoms with Crippen molar-refractivity contribution in [2.75, 3.05) is 11.5 Å². The molecule has 0 bridgehead atoms. The average Bonchev–Trinajstić information content (AvgIpc) is 3.28. The maximum Gasteiger partial charge on any atom is 0.127 e. The second kappa shape index (κ2) is 7.37. The van der Waals surface area contributed by atoms with Crippen molar-refractivity contribution in [2.24, 2.45) is 10.7 Å². The number of nitrogens with two attached hydrogens (primary N) is 2. The molecule has 27 heavy (non-hydrogen) atoms. The number of nitrogen functional groups attached to an aromatic ring is 1. The number of H-pyrrole nitrogens is 1. The van der Waals surface area contributed by atoms with E-state index in [9.17, 15) is 0 Å². The lowest BCUT2D eigenvalue weighted by Crippen LogP contribution is -2.03. The lowest BCUT2D eigenvalue weighted by atomic mass is 9.99. The van der Waals surface area contributed by atoms with Crippen LogP contribution in [0.5, 0.6) is 0 Å². The van der Waals surface area contributed by atoms with E-state index in [0.717, 1.165) is 34.5 Å². The van der Waals surface area contributed by atoms with Crippen LogP contribution in [0, 0.1) is 6.92 Å². The summed E-state index contributed by atoms with van der Waals surface area (Å²) in [6, 6.07) is 16.5. The SMILES string of the molecule is Cc1cc2cc(C3=CSC/C3=C(N)\N=C/Cc3ccc(N)cc3)ccc2[nH]1. The van der Waals surface area contributed by atoms with Crippen LogP contribution in [0.15, 0.2) is 70.3 Å². The Morgan fingerprint density at radius 3 is 2.81 bits per heavy atom. The van der Waals surface area contributed by atoms with Gasteiger partial charge in [0.25, 0.3) is 0 Å². The highest BCUT2D eigenvalue weighted by Crippen LogP contribution is 2.37. The van der Waals surface area contributed by atoms with Gasteiger partial charge in [0.2, 0.25) is 0 Å². The van der Waals surface area contributed by atoms with Crippen molar-refractivity contribution in [3.05, 3.63) is 82.2 Å². The van der Waals surface area contributed by atoms with Crippen molar-refractivity contribution in [1.82, 2.24) is 4.98 Å². The molecule has 0 unspecified atom stereocenters. The fourth-order valence-corrected chi connectivity index (χ4v) is 4.24. The molecule has 1 aromatic heterocycles. The van der Waals surface area contributed by atoms with Crippen LogP contribution in [0.1, 0.15) is 16.8 Å². The Morgan fingerprint density at radius 1 is 1.19 bits per heavy atom. The molecule has 136 valence electrons. The number of hydrogen-bond donors (Lipinski definition) is 3. The summed E-state index contributed by atoms with van der Waals surface area (Å²) in [6.45, 7) is 2.07. The number of anilines is 1. The summed E-state index contributed by atoms with van der Waals surface area (Å²) in [5.41, 5.74) is 19.7. The number of allylic oxidation sites excluding steroid dienone is 1. The van der Waals surface area contributed by atoms with Gasteiger partial charge < -0.3 is 16.5 Å². The number of nitrogens with zero attached hydrogens (tertiary/aromatic N) is 1. The third-order valence-electron chi connectivity index (χ3n) is 4.67. The molecule has 0 atom stereocenters. The standard InChI is InChI=1S/C22H22N4S/c1-14-10-17-11-16(4-7-21(17)26-14)19-12-27-13-20(19)22(24)25-9-8-15-2-5-18(23)6-3-15/h2-7,9-12,26H,8,13,23-24H2,1H3/b22-20+,25-9-. The molecule has 3 aromatic rings. The molecule has 4 nitrogen and oxygen atoms in total. The zero-order valence-corrected chi connectivity index (χ0v) is 16.0. The molecule has 0 spiro atoms. The Balaban J connectivity index is 1.56. The molecule has 0 saturated heterocycles. The topological polar surface area (TPSA) is 80.2 Å². The van der Waals surface area contributed by atoms with E-state index in [1.807, 2.05) is 30.5 Å². The molecular formula is C22H22N4S. The van der Waals surface area contributed by atoms with E-state index in [1.165, 1.54) is 22.2 Å². The molecule has 5 heteroatoms. The maximum absolute atomic E-state index is 6.31. The van der Waals surface area contributed by atoms with Crippen LogP contribution in [-0.2, 0) is 6.42 Å². The number of fused-ring (bicyclic) bond motifs is 1. The normalized spacial score (nSPS) is 16.3. The zero-order chi connectivity index (χ0) is 18.8. The molecule has 5 N–H and O–H groups in total. The number of aromatic nitrogens is 1. The summed E-state index contributed by atoms with van der Waals surface area (Å²) in [6.07, 6.45) is 2.60. The van der Waals surface area contributed by atoms with Crippen LogP contribution in [0.25, 0.3) is 16.5 Å². The first-order valence-corrected chi connectivity index (χ1v) is 9.92. The fourth-order valence-electron chi connectivity index (χ4n) is 3.24. The summed E-state index contributed by atoms with van der Waals surface area (Å²) >= 11 is 1.76. The van der Waals surface area contributed by atoms with Crippen LogP contribution in [0.3, 0.4) is 0 Å². The van der Waals surface area contributed by atoms with Crippen LogP contribution in [-0.4, -0.2) is 17.0 Å². The van der Waals surface area contributed by atoms with E-state index in [4.69, 9.17) is 11.5 Å². The van der Waals surface area contributed by atoms with Crippen LogP contribution in [0.2, 0.25) is 0 Å². The minimum Gasteiger partial charge on any atom is -0.399 e. The first-order chi connectivity index (χ1) is 13.1. The molecule has 2 aromatic carbocycles. The second-order valence-corrected chi connectivity index (χ2v) is 7.58. The molecule has 2 heterocycles. The van der Waals surface area contributed by atoms with Gasteiger partial charge in [-0.15, -0.1) is 11.8 Å². The van der Waals surface area contributed by atoms with E-state index >= 15 is 0 Å². The highest BCUT2D eigenvalue weighted by Gasteiger charge is 2.18. The number of benzene rings is 2. The molecule has 1 aliphatic rings. The molecule has 0 radical (unpaired) electrons. The number of aromatic amines is 1. The highest BCUT2D eigenvalue weighted by atomic mass is 32.2. The lowest BCUT2D eigenvalue weighted by Gasteiger charge is -2.08. The van der Waals surface area contributed by atoms with Gasteiger partial charge in [-0.2, -0.15) is 0 Å². The van der Waals surface area contributed by atoms with Crippen molar-refractivity contribution in [3.8, 4) is 0 Å². The van der Waals surface area contributed by atoms with Crippen LogP contribution in [0.4, 0.5) is 5.69 Å². The van der Waals surface area contributed by atoms with Gasteiger partial charge in [-0.1, -0.05) is 18.2 Å². The zero-order valence-electron chi connectivity index (χ0n) is 15.2. The third-order valence-corrected chi connectivity index (χ3v) is 5.52. The van der Waals surface area contributed by atoms with E-state index in [1.54, 1.807) is 11.8 Å². The van der Waals surface area contributed by atoms with Gasteiger partial charge in [-0.25, -0.2) is 4.99 Å². The predicted octanol–water partition coefficient (Wildman–Crippen LogP) is 4.63. The van der Waals surface area contributed by atoms with E-state index < -0.39 is 0 Å². The Morgan fingerprint density at radius 2 is 2.00 bits per heavy atom. The van der Waals surface area contributed by atoms with Gasteiger partial charge >= 0.3 is 0 Å². The summed E-state index contributed by atoms with van der Waals surface area (Å²) < 4.78 is 0. The van der Waals surface area contributed by atoms with E-state index in [2.05, 4.69) is 46.6 Å². The molecule has 1 aliphatic heterocycles. The minimum absolute atomic E-state index is 0.590. The first-order valence-electron chi connectivity index (χ1n) is 8.87. The third kappa shape index (κ3) is 3.78. The molecule has 0 fully saturated rings. The van der Waals surface area contributed by atoms with E-state index in [0.29, 0.717) is 5.82 Å². The van der Waals surface area contributed by atoms with Crippen LogP contribution < -0.4 is 11.5 Å². The van der Waals surface area contributed by atoms with Gasteiger partial charge in [-0.3, -0.25) is 0 Å². The number of nitrogens with one attached hydrogen (secondary N) is 1. The Hall–Kier alpha value is -2.92. The Bertz CT molecular complexity index is 1070. The van der Waals surface area contributed by atoms with Gasteiger partial charge in [0, 0.05) is 46.2 Å². The second-order valence-electron chi connectivity index (χ2n) is 6.72. The molecule has 0 saturated carbocycles. The number of thioether (sulfide) groups is 1. The highest BCUT2D eigenvalue weighted by molar-refractivity contribution is 8.02. The molecule has 0 amide bonds. The minimum atomic E-state index is 0.590. The molecule has 4 rings (SSSR count). The van der Waals surface area contributed by atoms with Gasteiger partial charge in [0.15, 0.2) is 0 Å². The number of aliphatic imine (C=N–C) groups is 1. The van der Waals surface area contributed by atoms with Crippen molar-refractivity contribution in [1.29, 1.82) is 0 Å². The summed E-state index contributed by atoms with van der Waals surface area (Å²) in [7, 11) is 0. The van der Waals surface area contributed by atoms with Crippen molar-refractivity contribution in [2.45, 2.75) is 13.3 Å². The average molecular weight is 375 g/mol. The monoisotopic (exact) mass is 374 g/mol. The van der Waals surface area contributed by atoms with E-state index in [-0.39, 0.29) is 0 Å². The van der Waals surface area contributed by atoms with Gasteiger partial charge in [-0.05, 0) is 59.4 Å². The van der Waals surface area contributed by atoms with Gasteiger partial charge in [0.05, 0.1) is 0 Å².